The summed E-state index contributed by atoms with van der Waals surface area (Å²) in [4.78, 5) is 31.4. The summed E-state index contributed by atoms with van der Waals surface area (Å²) in [5.74, 6) is 0.982. The molecule has 1 amide bonds. The maximum absolute atomic E-state index is 12.6. The van der Waals surface area contributed by atoms with Crippen LogP contribution in [0.15, 0.2) is 48.7 Å². The van der Waals surface area contributed by atoms with Crippen molar-refractivity contribution in [3.05, 3.63) is 59.9 Å². The van der Waals surface area contributed by atoms with Crippen LogP contribution in [0.5, 0.6) is 5.75 Å². The lowest BCUT2D eigenvalue weighted by Gasteiger charge is -2.37. The zero-order chi connectivity index (χ0) is 18.7. The number of aromatic nitrogens is 1. The Bertz CT molecular complexity index is 836. The first-order valence-electron chi connectivity index (χ1n) is 9.64. The van der Waals surface area contributed by atoms with Crippen molar-refractivity contribution >= 4 is 11.7 Å². The van der Waals surface area contributed by atoms with Gasteiger partial charge < -0.3 is 9.64 Å². The van der Waals surface area contributed by atoms with E-state index in [2.05, 4.69) is 4.98 Å². The van der Waals surface area contributed by atoms with Gasteiger partial charge in [0.25, 0.3) is 0 Å². The van der Waals surface area contributed by atoms with E-state index in [1.165, 1.54) is 0 Å². The van der Waals surface area contributed by atoms with E-state index in [1.807, 2.05) is 47.4 Å². The molecule has 0 saturated carbocycles. The van der Waals surface area contributed by atoms with Gasteiger partial charge >= 0.3 is 0 Å². The van der Waals surface area contributed by atoms with E-state index >= 15 is 0 Å². The van der Waals surface area contributed by atoms with E-state index < -0.39 is 5.60 Å². The molecule has 0 bridgehead atoms. The molecule has 27 heavy (non-hydrogen) atoms. The van der Waals surface area contributed by atoms with Gasteiger partial charge in [-0.25, -0.2) is 0 Å². The first-order valence-corrected chi connectivity index (χ1v) is 9.64. The molecule has 140 valence electrons. The van der Waals surface area contributed by atoms with Gasteiger partial charge in [0.2, 0.25) is 5.91 Å². The standard InChI is InChI=1S/C22H24N2O3/c25-19-16-22(27-20-8-2-1-7-18(19)20)11-5-14-24(15-12-22)21(26)10-9-17-6-3-4-13-23-17/h1-4,6-8,13H,5,9-12,14-16H2. The van der Waals surface area contributed by atoms with Crippen LogP contribution in [-0.2, 0) is 11.2 Å². The third-order valence-corrected chi connectivity index (χ3v) is 5.57. The molecule has 1 unspecified atom stereocenters. The molecule has 1 aromatic heterocycles. The quantitative estimate of drug-likeness (QED) is 0.837. The average Bonchev–Trinajstić information content (AvgIpc) is 2.89. The Labute approximate surface area is 159 Å². The van der Waals surface area contributed by atoms with Crippen molar-refractivity contribution in [2.24, 2.45) is 0 Å². The number of carbonyl (C=O) groups excluding carboxylic acids is 2. The van der Waals surface area contributed by atoms with Crippen molar-refractivity contribution in [2.75, 3.05) is 13.1 Å². The van der Waals surface area contributed by atoms with Crippen molar-refractivity contribution in [2.45, 2.75) is 44.1 Å². The molecule has 1 saturated heterocycles. The topological polar surface area (TPSA) is 59.5 Å². The number of benzene rings is 1. The number of aryl methyl sites for hydroxylation is 1. The smallest absolute Gasteiger partial charge is 0.222 e. The minimum Gasteiger partial charge on any atom is -0.486 e. The molecule has 1 fully saturated rings. The van der Waals surface area contributed by atoms with Gasteiger partial charge in [0, 0.05) is 37.8 Å². The lowest BCUT2D eigenvalue weighted by atomic mass is 9.84. The maximum Gasteiger partial charge on any atom is 0.222 e. The minimum atomic E-state index is -0.471. The van der Waals surface area contributed by atoms with E-state index in [0.29, 0.717) is 43.5 Å². The summed E-state index contributed by atoms with van der Waals surface area (Å²) in [7, 11) is 0. The molecule has 0 N–H and O–H groups in total. The average molecular weight is 364 g/mol. The van der Waals surface area contributed by atoms with Crippen LogP contribution in [0.25, 0.3) is 0 Å². The number of nitrogens with zero attached hydrogens (tertiary/aromatic N) is 2. The molecule has 0 aliphatic carbocycles. The second kappa shape index (κ2) is 7.51. The van der Waals surface area contributed by atoms with Gasteiger partial charge in [0.1, 0.15) is 11.4 Å². The lowest BCUT2D eigenvalue weighted by molar-refractivity contribution is -0.131. The lowest BCUT2D eigenvalue weighted by Crippen LogP contribution is -2.43. The molecule has 1 atom stereocenters. The fraction of sp³-hybridized carbons (Fsp3) is 0.409. The summed E-state index contributed by atoms with van der Waals surface area (Å²) in [6.45, 7) is 1.36. The van der Waals surface area contributed by atoms with Gasteiger partial charge in [-0.05, 0) is 43.5 Å². The molecule has 2 aromatic rings. The second-order valence-corrected chi connectivity index (χ2v) is 7.44. The predicted molar refractivity (Wildman–Crippen MR) is 102 cm³/mol. The number of carbonyl (C=O) groups is 2. The first kappa shape index (κ1) is 17.7. The van der Waals surface area contributed by atoms with Crippen LogP contribution in [0.4, 0.5) is 0 Å². The zero-order valence-corrected chi connectivity index (χ0v) is 15.4. The fourth-order valence-corrected chi connectivity index (χ4v) is 4.08. The highest BCUT2D eigenvalue weighted by molar-refractivity contribution is 6.00. The normalized spacial score (nSPS) is 22.1. The maximum atomic E-state index is 12.6. The van der Waals surface area contributed by atoms with E-state index in [1.54, 1.807) is 6.20 Å². The number of pyridine rings is 1. The molecule has 2 aliphatic heterocycles. The van der Waals surface area contributed by atoms with Gasteiger partial charge in [-0.2, -0.15) is 0 Å². The highest BCUT2D eigenvalue weighted by atomic mass is 16.5. The van der Waals surface area contributed by atoms with Crippen molar-refractivity contribution in [3.63, 3.8) is 0 Å². The number of ether oxygens (including phenoxy) is 1. The number of rotatable bonds is 3. The summed E-state index contributed by atoms with van der Waals surface area (Å²) in [6, 6.07) is 13.2. The van der Waals surface area contributed by atoms with Gasteiger partial charge in [-0.3, -0.25) is 14.6 Å². The summed E-state index contributed by atoms with van der Waals surface area (Å²) in [5, 5.41) is 0. The predicted octanol–water partition coefficient (Wildman–Crippen LogP) is 3.43. The molecule has 3 heterocycles. The molecule has 2 aliphatic rings. The molecule has 5 heteroatoms. The summed E-state index contributed by atoms with van der Waals surface area (Å²) in [5.41, 5.74) is 1.15. The third kappa shape index (κ3) is 3.87. The SMILES string of the molecule is O=C1CC2(CCCN(C(=O)CCc3ccccn3)CC2)Oc2ccccc21. The Hall–Kier alpha value is -2.69. The van der Waals surface area contributed by atoms with Gasteiger partial charge in [0.05, 0.1) is 12.0 Å². The van der Waals surface area contributed by atoms with Gasteiger partial charge in [-0.1, -0.05) is 18.2 Å². The van der Waals surface area contributed by atoms with E-state index in [9.17, 15) is 9.59 Å². The largest absolute Gasteiger partial charge is 0.486 e. The number of Topliss-reactive ketones (excluding diaryl/α,β-unsaturated/α-hetero) is 1. The molecular formula is C22H24N2O3. The van der Waals surface area contributed by atoms with Crippen LogP contribution in [0.1, 0.15) is 48.2 Å². The first-order chi connectivity index (χ1) is 13.2. The summed E-state index contributed by atoms with van der Waals surface area (Å²) >= 11 is 0. The number of likely N-dealkylation sites (tertiary alicyclic amines) is 1. The Kier molecular flexibility index (Phi) is 4.92. The minimum absolute atomic E-state index is 0.145. The highest BCUT2D eigenvalue weighted by Crippen LogP contribution is 2.39. The van der Waals surface area contributed by atoms with Crippen molar-refractivity contribution in [1.29, 1.82) is 0 Å². The van der Waals surface area contributed by atoms with E-state index in [4.69, 9.17) is 4.74 Å². The van der Waals surface area contributed by atoms with Crippen LogP contribution >= 0.6 is 0 Å². The van der Waals surface area contributed by atoms with Crippen molar-refractivity contribution in [1.82, 2.24) is 9.88 Å². The summed E-state index contributed by atoms with van der Waals surface area (Å²) in [6.07, 6.45) is 5.63. The van der Waals surface area contributed by atoms with Crippen LogP contribution in [0, 0.1) is 0 Å². The number of para-hydroxylation sites is 1. The number of hydrogen-bond acceptors (Lipinski definition) is 4. The fourth-order valence-electron chi connectivity index (χ4n) is 4.08. The van der Waals surface area contributed by atoms with Crippen LogP contribution in [-0.4, -0.2) is 40.3 Å². The van der Waals surface area contributed by atoms with Crippen molar-refractivity contribution in [3.8, 4) is 5.75 Å². The number of hydrogen-bond donors (Lipinski definition) is 0. The number of ketones is 1. The zero-order valence-electron chi connectivity index (χ0n) is 15.4. The Balaban J connectivity index is 1.39. The molecule has 0 radical (unpaired) electrons. The Morgan fingerprint density at radius 3 is 2.81 bits per heavy atom. The Morgan fingerprint density at radius 1 is 1.11 bits per heavy atom. The molecule has 4 rings (SSSR count). The van der Waals surface area contributed by atoms with Gasteiger partial charge in [0.15, 0.2) is 5.78 Å². The van der Waals surface area contributed by atoms with E-state index in [-0.39, 0.29) is 11.7 Å². The molecular weight excluding hydrogens is 340 g/mol. The van der Waals surface area contributed by atoms with Crippen molar-refractivity contribution < 1.29 is 14.3 Å². The summed E-state index contributed by atoms with van der Waals surface area (Å²) < 4.78 is 6.30. The van der Waals surface area contributed by atoms with Crippen LogP contribution in [0.3, 0.4) is 0 Å². The molecule has 1 spiro atoms. The third-order valence-electron chi connectivity index (χ3n) is 5.57. The second-order valence-electron chi connectivity index (χ2n) is 7.44. The number of amides is 1. The highest BCUT2D eigenvalue weighted by Gasteiger charge is 2.41. The van der Waals surface area contributed by atoms with Gasteiger partial charge in [-0.15, -0.1) is 0 Å². The number of fused-ring (bicyclic) bond motifs is 1. The monoisotopic (exact) mass is 364 g/mol. The molecule has 1 aromatic carbocycles. The van der Waals surface area contributed by atoms with E-state index in [0.717, 1.165) is 25.1 Å². The van der Waals surface area contributed by atoms with Crippen LogP contribution < -0.4 is 4.74 Å². The Morgan fingerprint density at radius 2 is 1.96 bits per heavy atom. The van der Waals surface area contributed by atoms with Crippen LogP contribution in [0.2, 0.25) is 0 Å². The molecule has 5 nitrogen and oxygen atoms in total.